The summed E-state index contributed by atoms with van der Waals surface area (Å²) in [5.74, 6) is 0. The lowest BCUT2D eigenvalue weighted by molar-refractivity contribution is 0.0700. The average Bonchev–Trinajstić information content (AvgIpc) is 2.93. The van der Waals surface area contributed by atoms with Crippen LogP contribution in [0.25, 0.3) is 0 Å². The predicted octanol–water partition coefficient (Wildman–Crippen LogP) is 7.87. The first-order chi connectivity index (χ1) is 20.5. The molecule has 0 spiro atoms. The molecule has 0 amide bonds. The van der Waals surface area contributed by atoms with Crippen LogP contribution < -0.4 is 0 Å². The zero-order chi connectivity index (χ0) is 32.9. The third-order valence-electron chi connectivity index (χ3n) is 6.52. The Morgan fingerprint density at radius 3 is 0.837 bits per heavy atom. The van der Waals surface area contributed by atoms with Gasteiger partial charge in [0.05, 0.1) is 26.4 Å². The summed E-state index contributed by atoms with van der Waals surface area (Å²) in [5, 5.41) is 0. The Kier molecular flexibility index (Phi) is 23.2. The maximum atomic E-state index is 15.0. The van der Waals surface area contributed by atoms with E-state index in [9.17, 15) is 9.13 Å². The second kappa shape index (κ2) is 22.9. The fourth-order valence-electron chi connectivity index (χ4n) is 5.24. The van der Waals surface area contributed by atoms with Gasteiger partial charge in [0.2, 0.25) is 0 Å². The summed E-state index contributed by atoms with van der Waals surface area (Å²) in [6.07, 6.45) is 1.06. The summed E-state index contributed by atoms with van der Waals surface area (Å²) in [7, 11) is -14.4. The van der Waals surface area contributed by atoms with E-state index in [1.807, 2.05) is 41.5 Å². The topological polar surface area (TPSA) is 126 Å². The minimum Gasteiger partial charge on any atom is -0.374 e. The van der Waals surface area contributed by atoms with Gasteiger partial charge in [0.15, 0.2) is 4.90 Å². The molecule has 0 aromatic rings. The molecule has 0 rings (SSSR count). The molecule has 0 aliphatic rings. The van der Waals surface area contributed by atoms with Gasteiger partial charge in [-0.1, -0.05) is 0 Å². The van der Waals surface area contributed by atoms with Crippen molar-refractivity contribution in [1.82, 2.24) is 0 Å². The van der Waals surface area contributed by atoms with E-state index >= 15 is 0 Å². The molecular formula is C27H62O12P2Si2. The molecule has 16 heteroatoms. The van der Waals surface area contributed by atoms with Gasteiger partial charge in [0, 0.05) is 51.7 Å². The quantitative estimate of drug-likeness (QED) is 0.0536. The van der Waals surface area contributed by atoms with Crippen LogP contribution in [0.5, 0.6) is 0 Å². The molecule has 0 saturated carbocycles. The van der Waals surface area contributed by atoms with E-state index in [2.05, 4.69) is 0 Å². The third kappa shape index (κ3) is 12.6. The van der Waals surface area contributed by atoms with Crippen LogP contribution in [0.3, 0.4) is 0 Å². The van der Waals surface area contributed by atoms with E-state index in [1.165, 1.54) is 0 Å². The Labute approximate surface area is 264 Å². The molecule has 0 aliphatic carbocycles. The molecule has 260 valence electrons. The van der Waals surface area contributed by atoms with E-state index in [1.54, 1.807) is 27.7 Å². The second-order valence-electron chi connectivity index (χ2n) is 9.32. The van der Waals surface area contributed by atoms with Crippen LogP contribution in [0.15, 0.2) is 0 Å². The standard InChI is InChI=1S/C27H62O12P2Si2/c1-11-30-40(28,31-12-2)27(41(29,32-13-3)33-14-4,23-21-25-42(34-15-5,35-16-6)36-17-7)24-22-26-43(37-18-8,38-19-9)39-20-10/h11-26H2,1-10H3. The maximum absolute atomic E-state index is 15.0. The molecule has 0 aromatic carbocycles. The molecule has 12 nitrogen and oxygen atoms in total. The van der Waals surface area contributed by atoms with Gasteiger partial charge in [-0.25, -0.2) is 0 Å². The van der Waals surface area contributed by atoms with Crippen LogP contribution in [0.2, 0.25) is 12.1 Å². The van der Waals surface area contributed by atoms with Crippen LogP contribution >= 0.6 is 15.2 Å². The smallest absolute Gasteiger partial charge is 0.374 e. The molecule has 0 fully saturated rings. The fraction of sp³-hybridized carbons (Fsp3) is 1.00. The van der Waals surface area contributed by atoms with E-state index in [4.69, 9.17) is 44.7 Å². The van der Waals surface area contributed by atoms with E-state index in [0.717, 1.165) is 0 Å². The number of hydrogen-bond acceptors (Lipinski definition) is 12. The Hall–Kier alpha value is 0.494. The highest BCUT2D eigenvalue weighted by Crippen LogP contribution is 2.81. The minimum absolute atomic E-state index is 0.0856. The van der Waals surface area contributed by atoms with Gasteiger partial charge in [-0.15, -0.1) is 0 Å². The molecule has 0 atom stereocenters. The molecule has 43 heavy (non-hydrogen) atoms. The molecule has 0 bridgehead atoms. The van der Waals surface area contributed by atoms with Gasteiger partial charge < -0.3 is 44.7 Å². The first kappa shape index (κ1) is 43.5. The van der Waals surface area contributed by atoms with Gasteiger partial charge >= 0.3 is 32.8 Å². The fourth-order valence-corrected chi connectivity index (χ4v) is 16.6. The molecule has 0 aliphatic heterocycles. The second-order valence-corrected chi connectivity index (χ2v) is 19.9. The van der Waals surface area contributed by atoms with Crippen LogP contribution in [0.1, 0.15) is 94.9 Å². The summed E-state index contributed by atoms with van der Waals surface area (Å²) in [6.45, 7) is 21.2. The first-order valence-corrected chi connectivity index (χ1v) is 23.1. The Morgan fingerprint density at radius 2 is 0.651 bits per heavy atom. The Balaban J connectivity index is 7.05. The monoisotopic (exact) mass is 696 g/mol. The summed E-state index contributed by atoms with van der Waals surface area (Å²) in [5.41, 5.74) is 0. The molecule has 0 aromatic heterocycles. The molecular weight excluding hydrogens is 634 g/mol. The zero-order valence-corrected chi connectivity index (χ0v) is 32.4. The van der Waals surface area contributed by atoms with Gasteiger partial charge in [0.1, 0.15) is 0 Å². The lowest BCUT2D eigenvalue weighted by atomic mass is 10.1. The van der Waals surface area contributed by atoms with Crippen molar-refractivity contribution in [2.75, 3.05) is 66.1 Å². The van der Waals surface area contributed by atoms with Crippen molar-refractivity contribution in [3.05, 3.63) is 0 Å². The number of hydrogen-bond donors (Lipinski definition) is 0. The van der Waals surface area contributed by atoms with Crippen molar-refractivity contribution in [3.63, 3.8) is 0 Å². The van der Waals surface area contributed by atoms with Crippen molar-refractivity contribution in [2.24, 2.45) is 0 Å². The van der Waals surface area contributed by atoms with Gasteiger partial charge in [0.25, 0.3) is 0 Å². The largest absolute Gasteiger partial charge is 0.500 e. The summed E-state index contributed by atoms with van der Waals surface area (Å²) >= 11 is 0. The zero-order valence-electron chi connectivity index (χ0n) is 28.6. The lowest BCUT2D eigenvalue weighted by Crippen LogP contribution is -2.47. The van der Waals surface area contributed by atoms with Crippen molar-refractivity contribution in [1.29, 1.82) is 0 Å². The van der Waals surface area contributed by atoms with Crippen molar-refractivity contribution >= 4 is 32.8 Å². The molecule has 0 heterocycles. The normalized spacial score (nSPS) is 13.6. The maximum Gasteiger partial charge on any atom is 0.500 e. The van der Waals surface area contributed by atoms with E-state index in [-0.39, 0.29) is 39.3 Å². The SMILES string of the molecule is CCO[Si](CCCC(CCC[Si](OCC)(OCC)OCC)(P(=O)(OCC)OCC)P(=O)(OCC)OCC)(OCC)OCC. The van der Waals surface area contributed by atoms with Gasteiger partial charge in [-0.3, -0.25) is 9.13 Å². The highest BCUT2D eigenvalue weighted by molar-refractivity contribution is 7.74. The minimum atomic E-state index is -4.12. The van der Waals surface area contributed by atoms with Crippen LogP contribution in [-0.4, -0.2) is 88.6 Å². The summed E-state index contributed by atoms with van der Waals surface area (Å²) in [6, 6.07) is 0.826. The van der Waals surface area contributed by atoms with Crippen molar-refractivity contribution < 1.29 is 53.8 Å². The third-order valence-corrected chi connectivity index (χ3v) is 19.6. The van der Waals surface area contributed by atoms with Gasteiger partial charge in [-0.2, -0.15) is 0 Å². The molecule has 0 radical (unpaired) electrons. The van der Waals surface area contributed by atoms with Crippen molar-refractivity contribution in [3.8, 4) is 0 Å². The molecule has 0 N–H and O–H groups in total. The lowest BCUT2D eigenvalue weighted by Gasteiger charge is -2.43. The molecule has 0 saturated heterocycles. The Bertz CT molecular complexity index is 690. The number of rotatable bonds is 30. The van der Waals surface area contributed by atoms with E-state index in [0.29, 0.717) is 64.6 Å². The summed E-state index contributed by atoms with van der Waals surface area (Å²) in [4.78, 5) is -1.63. The van der Waals surface area contributed by atoms with E-state index < -0.39 is 37.7 Å². The first-order valence-electron chi connectivity index (χ1n) is 16.1. The average molecular weight is 697 g/mol. The predicted molar refractivity (Wildman–Crippen MR) is 174 cm³/mol. The Morgan fingerprint density at radius 1 is 0.419 bits per heavy atom. The van der Waals surface area contributed by atoms with Crippen LogP contribution in [-0.2, 0) is 53.8 Å². The summed E-state index contributed by atoms with van der Waals surface area (Å²) < 4.78 is 90.2. The highest BCUT2D eigenvalue weighted by atomic mass is 31.2. The van der Waals surface area contributed by atoms with Crippen molar-refractivity contribution in [2.45, 2.75) is 112 Å². The van der Waals surface area contributed by atoms with Crippen LogP contribution in [0, 0.1) is 0 Å². The molecule has 0 unspecified atom stereocenters. The highest BCUT2D eigenvalue weighted by Gasteiger charge is 2.64. The van der Waals surface area contributed by atoms with Crippen LogP contribution in [0.4, 0.5) is 0 Å². The van der Waals surface area contributed by atoms with Gasteiger partial charge in [-0.05, 0) is 94.9 Å².